The van der Waals surface area contributed by atoms with Crippen LogP contribution in [0, 0.1) is 0 Å². The summed E-state index contributed by atoms with van der Waals surface area (Å²) in [5.41, 5.74) is 2.00. The lowest BCUT2D eigenvalue weighted by Crippen LogP contribution is -2.10. The van der Waals surface area contributed by atoms with Gasteiger partial charge in [-0.05, 0) is 46.8 Å². The number of hydrogen-bond donors (Lipinski definition) is 0. The number of carbonyl (C=O) groups excluding carboxylic acids is 1. The lowest BCUT2D eigenvalue weighted by molar-refractivity contribution is 0.0459. The van der Waals surface area contributed by atoms with Crippen LogP contribution in [0.25, 0.3) is 11.4 Å². The van der Waals surface area contributed by atoms with E-state index in [4.69, 9.17) is 4.74 Å². The van der Waals surface area contributed by atoms with Crippen molar-refractivity contribution in [3.05, 3.63) is 84.4 Å². The van der Waals surface area contributed by atoms with Crippen molar-refractivity contribution in [3.63, 3.8) is 0 Å². The van der Waals surface area contributed by atoms with Gasteiger partial charge in [-0.3, -0.25) is 0 Å². The lowest BCUT2D eigenvalue weighted by atomic mass is 10.2. The van der Waals surface area contributed by atoms with Crippen molar-refractivity contribution in [1.29, 1.82) is 0 Å². The van der Waals surface area contributed by atoms with Crippen LogP contribution in [-0.4, -0.2) is 36.0 Å². The minimum Gasteiger partial charge on any atom is -0.454 e. The van der Waals surface area contributed by atoms with E-state index in [2.05, 4.69) is 20.6 Å². The summed E-state index contributed by atoms with van der Waals surface area (Å²) in [6.45, 7) is -0.0350. The number of para-hydroxylation sites is 1. The molecule has 0 amide bonds. The molecule has 128 valence electrons. The fourth-order valence-corrected chi connectivity index (χ4v) is 2.48. The molecule has 0 saturated carbocycles. The molecular formula is C18H14N6O2. The number of nitrogens with zero attached hydrogens (tertiary/aromatic N) is 6. The van der Waals surface area contributed by atoms with Crippen LogP contribution in [0.3, 0.4) is 0 Å². The highest BCUT2D eigenvalue weighted by Gasteiger charge is 2.13. The number of esters is 1. The molecule has 2 heterocycles. The van der Waals surface area contributed by atoms with Crippen LogP contribution < -0.4 is 0 Å². The number of rotatable bonds is 5. The van der Waals surface area contributed by atoms with Crippen LogP contribution in [0.5, 0.6) is 0 Å². The van der Waals surface area contributed by atoms with Crippen LogP contribution in [0.1, 0.15) is 16.2 Å². The zero-order valence-electron chi connectivity index (χ0n) is 13.6. The first-order chi connectivity index (χ1) is 12.8. The molecular weight excluding hydrogens is 332 g/mol. The molecule has 2 aromatic heterocycles. The number of carbonyl (C=O) groups is 1. The molecule has 8 nitrogen and oxygen atoms in total. The molecule has 0 aliphatic carbocycles. The molecule has 26 heavy (non-hydrogen) atoms. The smallest absolute Gasteiger partial charge is 0.338 e. The van der Waals surface area contributed by atoms with Crippen molar-refractivity contribution in [2.24, 2.45) is 0 Å². The predicted octanol–water partition coefficient (Wildman–Crippen LogP) is 2.21. The Balaban J connectivity index is 1.49. The Labute approximate surface area is 148 Å². The maximum atomic E-state index is 12.4. The van der Waals surface area contributed by atoms with E-state index >= 15 is 0 Å². The standard InChI is InChI=1S/C18H14N6O2/c25-18(14-6-4-9-16(12-14)23-11-5-10-19-23)26-13-17-20-21-22-24(17)15-7-2-1-3-8-15/h1-12H,13H2. The summed E-state index contributed by atoms with van der Waals surface area (Å²) in [6.07, 6.45) is 3.48. The molecule has 0 saturated heterocycles. The maximum absolute atomic E-state index is 12.4. The molecule has 4 rings (SSSR count). The monoisotopic (exact) mass is 346 g/mol. The van der Waals surface area contributed by atoms with E-state index in [0.29, 0.717) is 11.4 Å². The van der Waals surface area contributed by atoms with Crippen molar-refractivity contribution < 1.29 is 9.53 Å². The van der Waals surface area contributed by atoms with Gasteiger partial charge in [0, 0.05) is 12.4 Å². The Morgan fingerprint density at radius 2 is 1.85 bits per heavy atom. The molecule has 4 aromatic rings. The van der Waals surface area contributed by atoms with Gasteiger partial charge in [-0.2, -0.15) is 9.78 Å². The SMILES string of the molecule is O=C(OCc1nnnn1-c1ccccc1)c1cccc(-n2cccn2)c1. The zero-order chi connectivity index (χ0) is 17.8. The van der Waals surface area contributed by atoms with Crippen molar-refractivity contribution >= 4 is 5.97 Å². The van der Waals surface area contributed by atoms with E-state index in [1.807, 2.05) is 42.5 Å². The average Bonchev–Trinajstić information content (AvgIpc) is 3.39. The molecule has 2 aromatic carbocycles. The molecule has 0 N–H and O–H groups in total. The highest BCUT2D eigenvalue weighted by molar-refractivity contribution is 5.90. The number of tetrazole rings is 1. The second kappa shape index (κ2) is 6.98. The fraction of sp³-hybridized carbons (Fsp3) is 0.0556. The van der Waals surface area contributed by atoms with Gasteiger partial charge in [0.25, 0.3) is 0 Å². The van der Waals surface area contributed by atoms with Crippen molar-refractivity contribution in [2.75, 3.05) is 0 Å². The van der Waals surface area contributed by atoms with Gasteiger partial charge in [-0.25, -0.2) is 9.48 Å². The van der Waals surface area contributed by atoms with Gasteiger partial charge in [0.05, 0.1) is 16.9 Å². The van der Waals surface area contributed by atoms with Gasteiger partial charge in [-0.15, -0.1) is 5.10 Å². The van der Waals surface area contributed by atoms with Gasteiger partial charge < -0.3 is 4.74 Å². The number of hydrogen-bond acceptors (Lipinski definition) is 6. The molecule has 0 unspecified atom stereocenters. The van der Waals surface area contributed by atoms with Crippen LogP contribution in [0.15, 0.2) is 73.1 Å². The molecule has 0 atom stereocenters. The van der Waals surface area contributed by atoms with E-state index in [0.717, 1.165) is 11.4 Å². The summed E-state index contributed by atoms with van der Waals surface area (Å²) >= 11 is 0. The minimum atomic E-state index is -0.457. The molecule has 0 aliphatic heterocycles. The first-order valence-electron chi connectivity index (χ1n) is 7.91. The quantitative estimate of drug-likeness (QED) is 0.515. The Bertz CT molecular complexity index is 1010. The third-order valence-electron chi connectivity index (χ3n) is 3.72. The van der Waals surface area contributed by atoms with E-state index in [1.165, 1.54) is 4.68 Å². The fourth-order valence-electron chi connectivity index (χ4n) is 2.48. The van der Waals surface area contributed by atoms with Crippen LogP contribution in [0.4, 0.5) is 0 Å². The van der Waals surface area contributed by atoms with E-state index in [9.17, 15) is 4.79 Å². The number of ether oxygens (including phenoxy) is 1. The zero-order valence-corrected chi connectivity index (χ0v) is 13.6. The van der Waals surface area contributed by atoms with Crippen LogP contribution in [-0.2, 0) is 11.3 Å². The van der Waals surface area contributed by atoms with E-state index < -0.39 is 5.97 Å². The third kappa shape index (κ3) is 3.20. The first kappa shape index (κ1) is 15.7. The summed E-state index contributed by atoms with van der Waals surface area (Å²) in [6, 6.07) is 18.3. The highest BCUT2D eigenvalue weighted by Crippen LogP contribution is 2.12. The summed E-state index contributed by atoms with van der Waals surface area (Å²) in [5, 5.41) is 15.7. The first-order valence-corrected chi connectivity index (χ1v) is 7.91. The van der Waals surface area contributed by atoms with Gasteiger partial charge >= 0.3 is 5.97 Å². The summed E-state index contributed by atoms with van der Waals surface area (Å²) in [4.78, 5) is 12.4. The second-order valence-electron chi connectivity index (χ2n) is 5.42. The van der Waals surface area contributed by atoms with E-state index in [1.54, 1.807) is 35.3 Å². The van der Waals surface area contributed by atoms with Gasteiger partial charge in [0.1, 0.15) is 0 Å². The van der Waals surface area contributed by atoms with Gasteiger partial charge in [-0.1, -0.05) is 24.3 Å². The largest absolute Gasteiger partial charge is 0.454 e. The molecule has 0 spiro atoms. The lowest BCUT2D eigenvalue weighted by Gasteiger charge is -2.07. The highest BCUT2D eigenvalue weighted by atomic mass is 16.5. The molecule has 0 radical (unpaired) electrons. The van der Waals surface area contributed by atoms with Crippen molar-refractivity contribution in [2.45, 2.75) is 6.61 Å². The molecule has 0 aliphatic rings. The normalized spacial score (nSPS) is 10.6. The Morgan fingerprint density at radius 3 is 2.65 bits per heavy atom. The Kier molecular flexibility index (Phi) is 4.21. The summed E-state index contributed by atoms with van der Waals surface area (Å²) in [5.74, 6) is -0.0191. The van der Waals surface area contributed by atoms with Crippen molar-refractivity contribution in [1.82, 2.24) is 30.0 Å². The van der Waals surface area contributed by atoms with Gasteiger partial charge in [0.15, 0.2) is 12.4 Å². The molecule has 0 bridgehead atoms. The predicted molar refractivity (Wildman–Crippen MR) is 91.8 cm³/mol. The molecule has 0 fully saturated rings. The average molecular weight is 346 g/mol. The second-order valence-corrected chi connectivity index (χ2v) is 5.42. The summed E-state index contributed by atoms with van der Waals surface area (Å²) in [7, 11) is 0. The minimum absolute atomic E-state index is 0.0350. The molecule has 8 heteroatoms. The number of benzene rings is 2. The Morgan fingerprint density at radius 1 is 1.00 bits per heavy atom. The topological polar surface area (TPSA) is 87.7 Å². The number of aromatic nitrogens is 6. The third-order valence-corrected chi connectivity index (χ3v) is 3.72. The Hall–Kier alpha value is -3.81. The van der Waals surface area contributed by atoms with Crippen LogP contribution >= 0.6 is 0 Å². The van der Waals surface area contributed by atoms with Gasteiger partial charge in [0.2, 0.25) is 0 Å². The maximum Gasteiger partial charge on any atom is 0.338 e. The van der Waals surface area contributed by atoms with Crippen LogP contribution in [0.2, 0.25) is 0 Å². The van der Waals surface area contributed by atoms with Crippen molar-refractivity contribution in [3.8, 4) is 11.4 Å². The summed E-state index contributed by atoms with van der Waals surface area (Å²) < 4.78 is 8.58. The van der Waals surface area contributed by atoms with E-state index in [-0.39, 0.29) is 6.61 Å².